The summed E-state index contributed by atoms with van der Waals surface area (Å²) in [6, 6.07) is 3.37. The molecule has 6 heteroatoms. The summed E-state index contributed by atoms with van der Waals surface area (Å²) in [5.41, 5.74) is 0.223. The third-order valence-corrected chi connectivity index (χ3v) is 1.87. The monoisotopic (exact) mass is 248 g/mol. The first-order chi connectivity index (χ1) is 7.83. The van der Waals surface area contributed by atoms with E-state index >= 15 is 0 Å². The molecule has 0 atom stereocenters. The van der Waals surface area contributed by atoms with Gasteiger partial charge in [0, 0.05) is 6.07 Å². The van der Waals surface area contributed by atoms with Crippen molar-refractivity contribution in [1.82, 2.24) is 0 Å². The fraction of sp³-hybridized carbons (Fsp3) is 0.364. The van der Waals surface area contributed by atoms with E-state index in [9.17, 15) is 18.0 Å². The van der Waals surface area contributed by atoms with Gasteiger partial charge in [-0.2, -0.15) is 0 Å². The van der Waals surface area contributed by atoms with Crippen LogP contribution >= 0.6 is 0 Å². The number of halogens is 3. The largest absolute Gasteiger partial charge is 0.573 e. The smallest absolute Gasteiger partial charge is 0.493 e. The zero-order valence-corrected chi connectivity index (χ0v) is 9.30. The zero-order valence-electron chi connectivity index (χ0n) is 9.30. The highest BCUT2D eigenvalue weighted by molar-refractivity contribution is 5.97. The summed E-state index contributed by atoms with van der Waals surface area (Å²) in [7, 11) is 0. The number of Topliss-reactive ketones (excluding diaryl/α,β-unsaturated/α-hetero) is 1. The number of benzene rings is 1. The average Bonchev–Trinajstić information content (AvgIpc) is 2.15. The average molecular weight is 248 g/mol. The maximum atomic E-state index is 12.0. The molecule has 0 spiro atoms. The lowest BCUT2D eigenvalue weighted by Gasteiger charge is -2.12. The SMILES string of the molecule is CCOc1cc(OC(F)(F)F)ccc1C(C)=O. The first kappa shape index (κ1) is 13.3. The molecule has 0 aliphatic rings. The van der Waals surface area contributed by atoms with Crippen LogP contribution in [-0.2, 0) is 0 Å². The van der Waals surface area contributed by atoms with Crippen molar-refractivity contribution >= 4 is 5.78 Å². The van der Waals surface area contributed by atoms with Crippen LogP contribution in [0, 0.1) is 0 Å². The fourth-order valence-electron chi connectivity index (χ4n) is 1.27. The molecule has 1 aromatic rings. The van der Waals surface area contributed by atoms with Gasteiger partial charge in [0.1, 0.15) is 11.5 Å². The van der Waals surface area contributed by atoms with E-state index in [1.165, 1.54) is 13.0 Å². The van der Waals surface area contributed by atoms with Crippen LogP contribution in [0.2, 0.25) is 0 Å². The van der Waals surface area contributed by atoms with Crippen molar-refractivity contribution in [2.45, 2.75) is 20.2 Å². The normalized spacial score (nSPS) is 11.1. The van der Waals surface area contributed by atoms with Crippen molar-refractivity contribution in [3.63, 3.8) is 0 Å². The zero-order chi connectivity index (χ0) is 13.1. The van der Waals surface area contributed by atoms with Crippen molar-refractivity contribution < 1.29 is 27.4 Å². The molecule has 0 bridgehead atoms. The Morgan fingerprint density at radius 1 is 1.35 bits per heavy atom. The maximum Gasteiger partial charge on any atom is 0.573 e. The number of rotatable bonds is 4. The standard InChI is InChI=1S/C11H11F3O3/c1-3-16-10-6-8(17-11(12,13)14)4-5-9(10)7(2)15/h4-6H,3H2,1-2H3. The lowest BCUT2D eigenvalue weighted by Crippen LogP contribution is -2.17. The molecule has 3 nitrogen and oxygen atoms in total. The van der Waals surface area contributed by atoms with Gasteiger partial charge in [0.15, 0.2) is 5.78 Å². The Balaban J connectivity index is 3.05. The molecule has 0 saturated carbocycles. The van der Waals surface area contributed by atoms with Gasteiger partial charge in [0.2, 0.25) is 0 Å². The number of carbonyl (C=O) groups is 1. The molecule has 0 N–H and O–H groups in total. The summed E-state index contributed by atoms with van der Waals surface area (Å²) < 4.78 is 44.8. The second-order valence-electron chi connectivity index (χ2n) is 3.19. The van der Waals surface area contributed by atoms with E-state index in [4.69, 9.17) is 4.74 Å². The van der Waals surface area contributed by atoms with Gasteiger partial charge in [-0.3, -0.25) is 4.79 Å². The van der Waals surface area contributed by atoms with E-state index in [0.29, 0.717) is 0 Å². The molecule has 0 unspecified atom stereocenters. The Hall–Kier alpha value is -1.72. The topological polar surface area (TPSA) is 35.5 Å². The van der Waals surface area contributed by atoms with Crippen LogP contribution in [0.5, 0.6) is 11.5 Å². The van der Waals surface area contributed by atoms with Crippen molar-refractivity contribution in [1.29, 1.82) is 0 Å². The highest BCUT2D eigenvalue weighted by atomic mass is 19.4. The van der Waals surface area contributed by atoms with Crippen molar-refractivity contribution in [3.8, 4) is 11.5 Å². The molecule has 17 heavy (non-hydrogen) atoms. The second kappa shape index (κ2) is 5.07. The molecular formula is C11H11F3O3. The summed E-state index contributed by atoms with van der Waals surface area (Å²) in [4.78, 5) is 11.2. The van der Waals surface area contributed by atoms with E-state index in [1.807, 2.05) is 0 Å². The van der Waals surface area contributed by atoms with Crippen LogP contribution in [0.4, 0.5) is 13.2 Å². The minimum atomic E-state index is -4.76. The van der Waals surface area contributed by atoms with E-state index < -0.39 is 12.1 Å². The van der Waals surface area contributed by atoms with Crippen LogP contribution < -0.4 is 9.47 Å². The van der Waals surface area contributed by atoms with E-state index in [2.05, 4.69) is 4.74 Å². The van der Waals surface area contributed by atoms with Gasteiger partial charge in [-0.15, -0.1) is 13.2 Å². The number of hydrogen-bond donors (Lipinski definition) is 0. The Kier molecular flexibility index (Phi) is 3.98. The molecule has 0 aliphatic heterocycles. The minimum Gasteiger partial charge on any atom is -0.493 e. The molecule has 1 rings (SSSR count). The van der Waals surface area contributed by atoms with Crippen LogP contribution in [0.15, 0.2) is 18.2 Å². The van der Waals surface area contributed by atoms with Gasteiger partial charge in [0.05, 0.1) is 12.2 Å². The van der Waals surface area contributed by atoms with E-state index in [0.717, 1.165) is 12.1 Å². The Bertz CT molecular complexity index is 413. The molecule has 0 saturated heterocycles. The predicted octanol–water partition coefficient (Wildman–Crippen LogP) is 3.19. The highest BCUT2D eigenvalue weighted by Gasteiger charge is 2.31. The first-order valence-electron chi connectivity index (χ1n) is 4.87. The number of ketones is 1. The molecule has 0 radical (unpaired) electrons. The van der Waals surface area contributed by atoms with Crippen molar-refractivity contribution in [3.05, 3.63) is 23.8 Å². The fourth-order valence-corrected chi connectivity index (χ4v) is 1.27. The minimum absolute atomic E-state index is 0.0850. The lowest BCUT2D eigenvalue weighted by atomic mass is 10.1. The number of alkyl halides is 3. The predicted molar refractivity (Wildman–Crippen MR) is 54.3 cm³/mol. The molecule has 0 aromatic heterocycles. The summed E-state index contributed by atoms with van der Waals surface area (Å²) in [6.07, 6.45) is -4.76. The van der Waals surface area contributed by atoms with Crippen LogP contribution in [-0.4, -0.2) is 18.8 Å². The highest BCUT2D eigenvalue weighted by Crippen LogP contribution is 2.29. The Labute approximate surface area is 96.1 Å². The van der Waals surface area contributed by atoms with E-state index in [-0.39, 0.29) is 23.7 Å². The molecule has 94 valence electrons. The van der Waals surface area contributed by atoms with Gasteiger partial charge in [-0.1, -0.05) is 0 Å². The van der Waals surface area contributed by atoms with Crippen molar-refractivity contribution in [2.75, 3.05) is 6.61 Å². The first-order valence-corrected chi connectivity index (χ1v) is 4.87. The Morgan fingerprint density at radius 2 is 2.00 bits per heavy atom. The summed E-state index contributed by atoms with van der Waals surface area (Å²) in [6.45, 7) is 3.22. The van der Waals surface area contributed by atoms with Crippen LogP contribution in [0.25, 0.3) is 0 Å². The number of carbonyl (C=O) groups excluding carboxylic acids is 1. The molecule has 0 amide bonds. The van der Waals surface area contributed by atoms with Gasteiger partial charge >= 0.3 is 6.36 Å². The second-order valence-corrected chi connectivity index (χ2v) is 3.19. The number of hydrogen-bond acceptors (Lipinski definition) is 3. The van der Waals surface area contributed by atoms with Gasteiger partial charge < -0.3 is 9.47 Å². The van der Waals surface area contributed by atoms with Gasteiger partial charge in [-0.05, 0) is 26.0 Å². The quantitative estimate of drug-likeness (QED) is 0.767. The Morgan fingerprint density at radius 3 is 2.47 bits per heavy atom. The van der Waals surface area contributed by atoms with Crippen LogP contribution in [0.3, 0.4) is 0 Å². The van der Waals surface area contributed by atoms with E-state index in [1.54, 1.807) is 6.92 Å². The third-order valence-electron chi connectivity index (χ3n) is 1.87. The molecular weight excluding hydrogens is 237 g/mol. The van der Waals surface area contributed by atoms with Gasteiger partial charge in [0.25, 0.3) is 0 Å². The molecule has 0 fully saturated rings. The maximum absolute atomic E-state index is 12.0. The molecule has 0 heterocycles. The van der Waals surface area contributed by atoms with Crippen LogP contribution in [0.1, 0.15) is 24.2 Å². The number of ether oxygens (including phenoxy) is 2. The summed E-state index contributed by atoms with van der Waals surface area (Å²) in [5.74, 6) is -0.611. The third kappa shape index (κ3) is 3.97. The van der Waals surface area contributed by atoms with Gasteiger partial charge in [-0.25, -0.2) is 0 Å². The molecule has 0 aliphatic carbocycles. The summed E-state index contributed by atoms with van der Waals surface area (Å²) in [5, 5.41) is 0. The van der Waals surface area contributed by atoms with Crippen molar-refractivity contribution in [2.24, 2.45) is 0 Å². The lowest BCUT2D eigenvalue weighted by molar-refractivity contribution is -0.274. The molecule has 1 aromatic carbocycles. The summed E-state index contributed by atoms with van der Waals surface area (Å²) >= 11 is 0.